The summed E-state index contributed by atoms with van der Waals surface area (Å²) in [5.41, 5.74) is 6.79. The second-order valence-electron chi connectivity index (χ2n) is 9.70. The van der Waals surface area contributed by atoms with E-state index in [2.05, 4.69) is 21.3 Å². The fourth-order valence-electron chi connectivity index (χ4n) is 3.55. The molecule has 1 aromatic carbocycles. The predicted molar refractivity (Wildman–Crippen MR) is 139 cm³/mol. The predicted octanol–water partition coefficient (Wildman–Crippen LogP) is 0.324. The van der Waals surface area contributed by atoms with E-state index in [0.717, 1.165) is 5.56 Å². The average Bonchev–Trinajstić information content (AvgIpc) is 2.84. The van der Waals surface area contributed by atoms with Gasteiger partial charge in [-0.25, -0.2) is 4.79 Å². The van der Waals surface area contributed by atoms with E-state index in [0.29, 0.717) is 12.8 Å². The maximum atomic E-state index is 12.9. The number of benzene rings is 1. The molecule has 0 heterocycles. The van der Waals surface area contributed by atoms with E-state index in [4.69, 9.17) is 5.73 Å². The molecule has 0 aliphatic carbocycles. The van der Waals surface area contributed by atoms with Crippen LogP contribution in [-0.4, -0.2) is 65.4 Å². The summed E-state index contributed by atoms with van der Waals surface area (Å²) in [6.45, 7) is 8.38. The number of rotatable bonds is 15. The molecule has 11 nitrogen and oxygen atoms in total. The Balaban J connectivity index is 2.64. The van der Waals surface area contributed by atoms with Gasteiger partial charge in [0, 0.05) is 0 Å². The fourth-order valence-corrected chi connectivity index (χ4v) is 3.55. The lowest BCUT2D eigenvalue weighted by atomic mass is 9.96. The first-order valence-electron chi connectivity index (χ1n) is 12.6. The number of aliphatic carboxylic acids is 1. The maximum absolute atomic E-state index is 12.9. The van der Waals surface area contributed by atoms with E-state index in [1.54, 1.807) is 6.92 Å². The molecule has 0 radical (unpaired) electrons. The number of hydrogen-bond acceptors (Lipinski definition) is 6. The first-order valence-corrected chi connectivity index (χ1v) is 12.6. The van der Waals surface area contributed by atoms with Gasteiger partial charge in [-0.15, -0.1) is 0 Å². The summed E-state index contributed by atoms with van der Waals surface area (Å²) in [5, 5.41) is 19.5. The molecule has 4 amide bonds. The molecule has 0 bridgehead atoms. The summed E-state index contributed by atoms with van der Waals surface area (Å²) in [4.78, 5) is 61.6. The zero-order valence-electron chi connectivity index (χ0n) is 22.2. The Morgan fingerprint density at radius 1 is 0.892 bits per heavy atom. The monoisotopic (exact) mass is 519 g/mol. The topological polar surface area (TPSA) is 180 Å². The Morgan fingerprint density at radius 3 is 2.05 bits per heavy atom. The van der Waals surface area contributed by atoms with Crippen LogP contribution >= 0.6 is 0 Å². The number of nitrogens with one attached hydrogen (secondary N) is 4. The van der Waals surface area contributed by atoms with Crippen LogP contribution in [0.3, 0.4) is 0 Å². The van der Waals surface area contributed by atoms with Crippen LogP contribution < -0.4 is 27.0 Å². The van der Waals surface area contributed by atoms with E-state index in [1.165, 1.54) is 6.92 Å². The van der Waals surface area contributed by atoms with Gasteiger partial charge in [-0.3, -0.25) is 19.2 Å². The minimum atomic E-state index is -1.15. The van der Waals surface area contributed by atoms with Crippen LogP contribution in [0.1, 0.15) is 53.0 Å². The summed E-state index contributed by atoms with van der Waals surface area (Å²) in [6.07, 6.45) is 1.11. The summed E-state index contributed by atoms with van der Waals surface area (Å²) >= 11 is 0. The van der Waals surface area contributed by atoms with Gasteiger partial charge in [-0.05, 0) is 37.2 Å². The molecular weight excluding hydrogens is 478 g/mol. The van der Waals surface area contributed by atoms with Gasteiger partial charge < -0.3 is 32.1 Å². The first kappa shape index (κ1) is 31.6. The van der Waals surface area contributed by atoms with Gasteiger partial charge in [0.25, 0.3) is 0 Å². The standard InChI is InChI=1S/C26H41N5O6/c1-6-16(4)22(25(35)30-20(26(36)37)12-15(2)3)31-23(33)17(5)29-21(32)14-28-24(34)19(27)13-18-10-8-7-9-11-18/h7-11,15-17,19-20,22H,6,12-14,27H2,1-5H3,(H,28,34)(H,29,32)(H,30,35)(H,31,33)(H,36,37)/t16-,17-,19-,20-,22-/m0/s1. The van der Waals surface area contributed by atoms with E-state index >= 15 is 0 Å². The smallest absolute Gasteiger partial charge is 0.326 e. The van der Waals surface area contributed by atoms with Crippen molar-refractivity contribution in [3.8, 4) is 0 Å². The molecule has 0 aliphatic rings. The largest absolute Gasteiger partial charge is 0.480 e. The molecule has 1 aromatic rings. The highest BCUT2D eigenvalue weighted by atomic mass is 16.4. The van der Waals surface area contributed by atoms with E-state index in [-0.39, 0.29) is 24.8 Å². The highest BCUT2D eigenvalue weighted by molar-refractivity contribution is 5.94. The van der Waals surface area contributed by atoms with Gasteiger partial charge >= 0.3 is 5.97 Å². The molecule has 0 unspecified atom stereocenters. The molecule has 7 N–H and O–H groups in total. The van der Waals surface area contributed by atoms with Gasteiger partial charge in [-0.1, -0.05) is 64.4 Å². The lowest BCUT2D eigenvalue weighted by Crippen LogP contribution is -2.57. The average molecular weight is 520 g/mol. The summed E-state index contributed by atoms with van der Waals surface area (Å²) in [6, 6.07) is 5.32. The molecule has 0 spiro atoms. The molecule has 0 saturated heterocycles. The van der Waals surface area contributed by atoms with Crippen LogP contribution in [0.4, 0.5) is 0 Å². The molecule has 5 atom stereocenters. The van der Waals surface area contributed by atoms with Gasteiger partial charge in [0.2, 0.25) is 23.6 Å². The lowest BCUT2D eigenvalue weighted by Gasteiger charge is -2.27. The third kappa shape index (κ3) is 11.4. The van der Waals surface area contributed by atoms with E-state index in [9.17, 15) is 29.1 Å². The number of carboxylic acids is 1. The Morgan fingerprint density at radius 2 is 1.51 bits per heavy atom. The summed E-state index contributed by atoms with van der Waals surface area (Å²) in [7, 11) is 0. The highest BCUT2D eigenvalue weighted by Gasteiger charge is 2.31. The van der Waals surface area contributed by atoms with Crippen LogP contribution in [0.2, 0.25) is 0 Å². The molecule has 0 aliphatic heterocycles. The maximum Gasteiger partial charge on any atom is 0.326 e. The van der Waals surface area contributed by atoms with Crippen LogP contribution in [0.15, 0.2) is 30.3 Å². The molecule has 37 heavy (non-hydrogen) atoms. The van der Waals surface area contributed by atoms with E-state index < -0.39 is 53.8 Å². The Hall–Kier alpha value is -3.47. The van der Waals surface area contributed by atoms with Crippen molar-refractivity contribution in [2.75, 3.05) is 6.54 Å². The number of carbonyl (C=O) groups excluding carboxylic acids is 4. The van der Waals surface area contributed by atoms with Crippen molar-refractivity contribution in [1.29, 1.82) is 0 Å². The quantitative estimate of drug-likeness (QED) is 0.193. The molecule has 0 aromatic heterocycles. The number of amides is 4. The van der Waals surface area contributed by atoms with E-state index in [1.807, 2.05) is 51.1 Å². The number of carboxylic acid groups (broad SMARTS) is 1. The van der Waals surface area contributed by atoms with Gasteiger partial charge in [0.1, 0.15) is 18.1 Å². The number of hydrogen-bond donors (Lipinski definition) is 6. The van der Waals surface area contributed by atoms with Crippen molar-refractivity contribution in [2.24, 2.45) is 17.6 Å². The summed E-state index contributed by atoms with van der Waals surface area (Å²) < 4.78 is 0. The van der Waals surface area contributed by atoms with Crippen LogP contribution in [0.25, 0.3) is 0 Å². The van der Waals surface area contributed by atoms with Crippen molar-refractivity contribution >= 4 is 29.6 Å². The third-order valence-corrected chi connectivity index (χ3v) is 5.94. The Kier molecular flexibility index (Phi) is 13.3. The molecule has 0 fully saturated rings. The Labute approximate surface area is 218 Å². The normalized spacial score (nSPS) is 15.0. The molecular formula is C26H41N5O6. The number of carbonyl (C=O) groups is 5. The zero-order valence-corrected chi connectivity index (χ0v) is 22.2. The first-order chi connectivity index (χ1) is 17.3. The number of nitrogens with two attached hydrogens (primary N) is 1. The highest BCUT2D eigenvalue weighted by Crippen LogP contribution is 2.11. The molecule has 0 saturated carbocycles. The summed E-state index contributed by atoms with van der Waals surface area (Å²) in [5.74, 6) is -3.71. The minimum absolute atomic E-state index is 0.0432. The van der Waals surface area contributed by atoms with Gasteiger partial charge in [0.05, 0.1) is 12.6 Å². The van der Waals surface area contributed by atoms with Gasteiger partial charge in [-0.2, -0.15) is 0 Å². The van der Waals surface area contributed by atoms with Crippen molar-refractivity contribution in [3.63, 3.8) is 0 Å². The Bertz CT molecular complexity index is 923. The zero-order chi connectivity index (χ0) is 28.1. The second-order valence-corrected chi connectivity index (χ2v) is 9.70. The minimum Gasteiger partial charge on any atom is -0.480 e. The fraction of sp³-hybridized carbons (Fsp3) is 0.577. The lowest BCUT2D eigenvalue weighted by molar-refractivity contribution is -0.143. The SMILES string of the molecule is CC[C@H](C)[C@H](NC(=O)[C@H](C)NC(=O)CNC(=O)[C@@H](N)Cc1ccccc1)C(=O)N[C@@H](CC(C)C)C(=O)O. The molecule has 11 heteroatoms. The third-order valence-electron chi connectivity index (χ3n) is 5.94. The van der Waals surface area contributed by atoms with Gasteiger partial charge in [0.15, 0.2) is 0 Å². The van der Waals surface area contributed by atoms with Crippen LogP contribution in [0.5, 0.6) is 0 Å². The van der Waals surface area contributed by atoms with Crippen molar-refractivity contribution in [2.45, 2.75) is 78.0 Å². The van der Waals surface area contributed by atoms with Crippen LogP contribution in [0, 0.1) is 11.8 Å². The van der Waals surface area contributed by atoms with Crippen LogP contribution in [-0.2, 0) is 30.4 Å². The molecule has 1 rings (SSSR count). The van der Waals surface area contributed by atoms with Crippen molar-refractivity contribution in [1.82, 2.24) is 21.3 Å². The van der Waals surface area contributed by atoms with Crippen molar-refractivity contribution in [3.05, 3.63) is 35.9 Å². The molecule has 206 valence electrons. The second kappa shape index (κ2) is 15.6. The van der Waals surface area contributed by atoms with Crippen molar-refractivity contribution < 1.29 is 29.1 Å².